The molecule has 0 atom stereocenters. The van der Waals surface area contributed by atoms with Crippen LogP contribution in [0.2, 0.25) is 0 Å². The molecule has 0 saturated heterocycles. The first-order chi connectivity index (χ1) is 15.3. The molecule has 0 fully saturated rings. The second kappa shape index (κ2) is 6.79. The molecule has 144 valence electrons. The van der Waals surface area contributed by atoms with Crippen LogP contribution in [0.5, 0.6) is 0 Å². The van der Waals surface area contributed by atoms with Gasteiger partial charge in [-0.05, 0) is 36.4 Å². The van der Waals surface area contributed by atoms with Crippen LogP contribution in [0.1, 0.15) is 5.56 Å². The molecule has 0 bridgehead atoms. The van der Waals surface area contributed by atoms with Gasteiger partial charge in [-0.15, -0.1) is 0 Å². The number of para-hydroxylation sites is 1. The molecule has 4 heteroatoms. The van der Waals surface area contributed by atoms with Gasteiger partial charge in [0.15, 0.2) is 0 Å². The molecule has 6 rings (SSSR count). The van der Waals surface area contributed by atoms with Gasteiger partial charge in [0.05, 0.1) is 33.9 Å². The van der Waals surface area contributed by atoms with Crippen LogP contribution in [0.25, 0.3) is 49.8 Å². The zero-order chi connectivity index (χ0) is 20.8. The minimum Gasteiger partial charge on any atom is -0.292 e. The molecule has 0 aliphatic rings. The Kier molecular flexibility index (Phi) is 3.81. The Bertz CT molecular complexity index is 1630. The maximum Gasteiger partial charge on any atom is 0.137 e. The average molecular weight is 396 g/mol. The van der Waals surface area contributed by atoms with Gasteiger partial charge in [-0.1, -0.05) is 54.6 Å². The Balaban J connectivity index is 1.93. The molecule has 0 spiro atoms. The fraction of sp³-hybridized carbons (Fsp3) is 0. The highest BCUT2D eigenvalue weighted by atomic mass is 15.1. The van der Waals surface area contributed by atoms with E-state index in [2.05, 4.69) is 33.8 Å². The first-order valence-electron chi connectivity index (χ1n) is 10.1. The summed E-state index contributed by atoms with van der Waals surface area (Å²) in [6.45, 7) is 0. The van der Waals surface area contributed by atoms with Gasteiger partial charge in [-0.3, -0.25) is 4.57 Å². The molecule has 0 unspecified atom stereocenters. The van der Waals surface area contributed by atoms with Gasteiger partial charge in [0.1, 0.15) is 5.82 Å². The number of aromatic nitrogens is 3. The third-order valence-electron chi connectivity index (χ3n) is 5.65. The van der Waals surface area contributed by atoms with E-state index in [0.717, 1.165) is 49.8 Å². The summed E-state index contributed by atoms with van der Waals surface area (Å²) in [6.07, 6.45) is 1.80. The van der Waals surface area contributed by atoms with E-state index < -0.39 is 0 Å². The molecule has 3 heterocycles. The van der Waals surface area contributed by atoms with Crippen molar-refractivity contribution in [2.24, 2.45) is 0 Å². The van der Waals surface area contributed by atoms with Crippen molar-refractivity contribution in [3.05, 3.63) is 103 Å². The largest absolute Gasteiger partial charge is 0.292 e. The van der Waals surface area contributed by atoms with E-state index in [1.807, 2.05) is 72.8 Å². The van der Waals surface area contributed by atoms with Crippen molar-refractivity contribution in [1.82, 2.24) is 14.5 Å². The third kappa shape index (κ3) is 2.61. The first-order valence-corrected chi connectivity index (χ1v) is 10.1. The lowest BCUT2D eigenvalue weighted by atomic mass is 10.0. The van der Waals surface area contributed by atoms with E-state index in [-0.39, 0.29) is 0 Å². The summed E-state index contributed by atoms with van der Waals surface area (Å²) in [4.78, 5) is 9.73. The van der Waals surface area contributed by atoms with Crippen LogP contribution in [0, 0.1) is 11.3 Å². The van der Waals surface area contributed by atoms with Crippen LogP contribution in [0.4, 0.5) is 0 Å². The number of rotatable bonds is 2. The summed E-state index contributed by atoms with van der Waals surface area (Å²) < 4.78 is 2.16. The number of hydrogen-bond donors (Lipinski definition) is 0. The molecule has 6 aromatic rings. The Morgan fingerprint density at radius 3 is 2.39 bits per heavy atom. The van der Waals surface area contributed by atoms with Gasteiger partial charge in [-0.2, -0.15) is 5.26 Å². The van der Waals surface area contributed by atoms with Crippen LogP contribution in [0.3, 0.4) is 0 Å². The summed E-state index contributed by atoms with van der Waals surface area (Å²) in [7, 11) is 0. The zero-order valence-corrected chi connectivity index (χ0v) is 16.5. The van der Waals surface area contributed by atoms with Crippen molar-refractivity contribution < 1.29 is 0 Å². The van der Waals surface area contributed by atoms with Gasteiger partial charge in [-0.25, -0.2) is 9.97 Å². The van der Waals surface area contributed by atoms with E-state index >= 15 is 0 Å². The Hall–Kier alpha value is -4.49. The Labute approximate surface area is 178 Å². The molecule has 0 amide bonds. The number of nitriles is 1. The van der Waals surface area contributed by atoms with Gasteiger partial charge >= 0.3 is 0 Å². The molecule has 0 saturated carbocycles. The minimum atomic E-state index is 0.634. The summed E-state index contributed by atoms with van der Waals surface area (Å²) >= 11 is 0. The quantitative estimate of drug-likeness (QED) is 0.347. The first kappa shape index (κ1) is 17.4. The van der Waals surface area contributed by atoms with Crippen molar-refractivity contribution in [3.8, 4) is 23.1 Å². The minimum absolute atomic E-state index is 0.634. The highest BCUT2D eigenvalue weighted by Crippen LogP contribution is 2.40. The zero-order valence-electron chi connectivity index (χ0n) is 16.5. The second-order valence-electron chi connectivity index (χ2n) is 7.43. The standard InChI is InChI=1S/C27H16N4/c28-17-18-13-14-23-21(16-18)25-20-10-4-5-11-22(20)30-26(19-8-2-1-3-9-19)27(25)31(23)24-12-6-7-15-29-24/h1-16H. The number of benzene rings is 3. The smallest absolute Gasteiger partial charge is 0.137 e. The van der Waals surface area contributed by atoms with Crippen LogP contribution < -0.4 is 0 Å². The fourth-order valence-corrected chi connectivity index (χ4v) is 4.33. The second-order valence-corrected chi connectivity index (χ2v) is 7.43. The Morgan fingerprint density at radius 1 is 0.774 bits per heavy atom. The Morgan fingerprint density at radius 2 is 1.58 bits per heavy atom. The number of fused-ring (bicyclic) bond motifs is 5. The predicted octanol–water partition coefficient (Wildman–Crippen LogP) is 6.27. The molecular weight excluding hydrogens is 380 g/mol. The summed E-state index contributed by atoms with van der Waals surface area (Å²) in [6, 6.07) is 32.4. The lowest BCUT2D eigenvalue weighted by Gasteiger charge is -2.11. The lowest BCUT2D eigenvalue weighted by molar-refractivity contribution is 1.08. The molecule has 0 N–H and O–H groups in total. The van der Waals surface area contributed by atoms with Crippen molar-refractivity contribution in [2.45, 2.75) is 0 Å². The van der Waals surface area contributed by atoms with Gasteiger partial charge < -0.3 is 0 Å². The van der Waals surface area contributed by atoms with Crippen LogP contribution in [0.15, 0.2) is 97.2 Å². The SMILES string of the molecule is N#Cc1ccc2c(c1)c1c3ccccc3nc(-c3ccccc3)c1n2-c1ccccn1. The molecular formula is C27H16N4. The van der Waals surface area contributed by atoms with Crippen molar-refractivity contribution in [1.29, 1.82) is 5.26 Å². The van der Waals surface area contributed by atoms with E-state index in [0.29, 0.717) is 5.56 Å². The number of hydrogen-bond acceptors (Lipinski definition) is 3. The molecule has 31 heavy (non-hydrogen) atoms. The van der Waals surface area contributed by atoms with E-state index in [1.54, 1.807) is 6.20 Å². The maximum atomic E-state index is 9.56. The monoisotopic (exact) mass is 396 g/mol. The van der Waals surface area contributed by atoms with E-state index in [4.69, 9.17) is 4.98 Å². The highest BCUT2D eigenvalue weighted by Gasteiger charge is 2.21. The molecule has 0 aliphatic carbocycles. The van der Waals surface area contributed by atoms with Crippen molar-refractivity contribution in [3.63, 3.8) is 0 Å². The summed E-state index contributed by atoms with van der Waals surface area (Å²) in [5, 5.41) is 12.7. The molecule has 4 nitrogen and oxygen atoms in total. The van der Waals surface area contributed by atoms with Gasteiger partial charge in [0, 0.05) is 27.9 Å². The molecule has 3 aromatic heterocycles. The third-order valence-corrected chi connectivity index (χ3v) is 5.65. The topological polar surface area (TPSA) is 54.5 Å². The van der Waals surface area contributed by atoms with Crippen LogP contribution in [-0.4, -0.2) is 14.5 Å². The predicted molar refractivity (Wildman–Crippen MR) is 124 cm³/mol. The normalized spacial score (nSPS) is 11.2. The number of pyridine rings is 2. The van der Waals surface area contributed by atoms with Gasteiger partial charge in [0.25, 0.3) is 0 Å². The van der Waals surface area contributed by atoms with Crippen LogP contribution in [-0.2, 0) is 0 Å². The van der Waals surface area contributed by atoms with Crippen LogP contribution >= 0.6 is 0 Å². The van der Waals surface area contributed by atoms with E-state index in [9.17, 15) is 5.26 Å². The van der Waals surface area contributed by atoms with Gasteiger partial charge in [0.2, 0.25) is 0 Å². The van der Waals surface area contributed by atoms with Crippen molar-refractivity contribution >= 4 is 32.7 Å². The molecule has 0 aliphatic heterocycles. The summed E-state index contributed by atoms with van der Waals surface area (Å²) in [5.74, 6) is 0.821. The maximum absolute atomic E-state index is 9.56. The highest BCUT2D eigenvalue weighted by molar-refractivity contribution is 6.23. The molecule has 0 radical (unpaired) electrons. The van der Waals surface area contributed by atoms with E-state index in [1.165, 1.54) is 0 Å². The average Bonchev–Trinajstić information content (AvgIpc) is 3.19. The lowest BCUT2D eigenvalue weighted by Crippen LogP contribution is -1.99. The fourth-order valence-electron chi connectivity index (χ4n) is 4.33. The number of nitrogens with zero attached hydrogens (tertiary/aromatic N) is 4. The van der Waals surface area contributed by atoms with Crippen molar-refractivity contribution in [2.75, 3.05) is 0 Å². The molecule has 3 aromatic carbocycles. The summed E-state index contributed by atoms with van der Waals surface area (Å²) in [5.41, 5.74) is 5.50.